The molecular formula is C7H13NO2. The van der Waals surface area contributed by atoms with Crippen LogP contribution in [0, 0.1) is 0 Å². The molecule has 0 aromatic carbocycles. The van der Waals surface area contributed by atoms with Crippen LogP contribution >= 0.6 is 0 Å². The van der Waals surface area contributed by atoms with E-state index in [4.69, 9.17) is 9.84 Å². The maximum atomic E-state index is 8.82. The van der Waals surface area contributed by atoms with E-state index < -0.39 is 0 Å². The van der Waals surface area contributed by atoms with Crippen molar-refractivity contribution in [1.82, 2.24) is 5.32 Å². The maximum Gasteiger partial charge on any atom is 0.293 e. The van der Waals surface area contributed by atoms with Crippen LogP contribution in [-0.4, -0.2) is 18.8 Å². The Kier molecular flexibility index (Phi) is 5.33. The fourth-order valence-electron chi connectivity index (χ4n) is 0.395. The molecular weight excluding hydrogens is 130 g/mol. The molecule has 3 heteroatoms. The molecule has 0 rings (SSSR count). The van der Waals surface area contributed by atoms with Crippen LogP contribution in [0.1, 0.15) is 6.92 Å². The van der Waals surface area contributed by atoms with Gasteiger partial charge in [0.25, 0.3) is 5.95 Å². The van der Waals surface area contributed by atoms with E-state index in [1.165, 1.54) is 6.20 Å². The summed E-state index contributed by atoms with van der Waals surface area (Å²) >= 11 is 0. The van der Waals surface area contributed by atoms with E-state index in [9.17, 15) is 0 Å². The molecule has 0 aliphatic heterocycles. The van der Waals surface area contributed by atoms with Gasteiger partial charge in [-0.15, -0.1) is 0 Å². The summed E-state index contributed by atoms with van der Waals surface area (Å²) < 4.78 is 4.79. The van der Waals surface area contributed by atoms with Gasteiger partial charge >= 0.3 is 0 Å². The normalized spacial score (nSPS) is 12.0. The third-order valence-corrected chi connectivity index (χ3v) is 0.831. The molecule has 0 unspecified atom stereocenters. The number of aliphatic hydroxyl groups excluding tert-OH is 1. The first kappa shape index (κ1) is 8.88. The fraction of sp³-hybridized carbons (Fsp3) is 0.429. The lowest BCUT2D eigenvalue weighted by atomic mass is 10.6. The second-order valence-electron chi connectivity index (χ2n) is 1.65. The van der Waals surface area contributed by atoms with Crippen LogP contribution in [0.25, 0.3) is 0 Å². The summed E-state index contributed by atoms with van der Waals surface area (Å²) in [4.78, 5) is 0. The molecule has 0 atom stereocenters. The Balaban J connectivity index is 3.38. The van der Waals surface area contributed by atoms with Gasteiger partial charge in [-0.2, -0.15) is 0 Å². The average molecular weight is 143 g/mol. The van der Waals surface area contributed by atoms with Gasteiger partial charge in [0.2, 0.25) is 0 Å². The Morgan fingerprint density at radius 3 is 2.90 bits per heavy atom. The molecule has 0 saturated heterocycles. The van der Waals surface area contributed by atoms with Gasteiger partial charge in [0.15, 0.2) is 0 Å². The average Bonchev–Trinajstić information content (AvgIpc) is 1.89. The molecule has 0 amide bonds. The molecule has 0 aliphatic rings. The van der Waals surface area contributed by atoms with Crippen molar-refractivity contribution in [3.8, 4) is 0 Å². The summed E-state index contributed by atoms with van der Waals surface area (Å²) in [6.07, 6.45) is 5.04. The van der Waals surface area contributed by atoms with Crippen LogP contribution in [-0.2, 0) is 4.74 Å². The van der Waals surface area contributed by atoms with Crippen molar-refractivity contribution in [2.75, 3.05) is 13.7 Å². The molecule has 0 fully saturated rings. The van der Waals surface area contributed by atoms with Crippen LogP contribution in [0.3, 0.4) is 0 Å². The number of allylic oxidation sites excluding steroid dienone is 1. The molecule has 0 heterocycles. The lowest BCUT2D eigenvalue weighted by Gasteiger charge is -1.99. The van der Waals surface area contributed by atoms with Crippen molar-refractivity contribution < 1.29 is 9.84 Å². The topological polar surface area (TPSA) is 41.5 Å². The summed E-state index contributed by atoms with van der Waals surface area (Å²) in [6.45, 7) is 2.29. The summed E-state index contributed by atoms with van der Waals surface area (Å²) in [6, 6.07) is 0. The highest BCUT2D eigenvalue weighted by atomic mass is 16.6. The number of nitrogens with one attached hydrogen (secondary N) is 1. The molecule has 10 heavy (non-hydrogen) atoms. The molecule has 0 aromatic rings. The monoisotopic (exact) mass is 143 g/mol. The van der Waals surface area contributed by atoms with Gasteiger partial charge in [0.1, 0.15) is 6.61 Å². The van der Waals surface area contributed by atoms with Crippen LogP contribution in [0.2, 0.25) is 0 Å². The standard InChI is InChI=1S/C7H13NO2/c1-3-4-5-10-7(9)6-8-2/h3-4,6,8-9H,5H2,1-2H3/b4-3-,7-6?. The Labute approximate surface area is 61.0 Å². The SMILES string of the molecule is C/C=C\COC(O)=CNC. The molecule has 0 radical (unpaired) electrons. The number of hydrogen-bond acceptors (Lipinski definition) is 3. The van der Waals surface area contributed by atoms with Gasteiger partial charge in [-0.05, 0) is 6.92 Å². The van der Waals surface area contributed by atoms with E-state index in [0.717, 1.165) is 0 Å². The smallest absolute Gasteiger partial charge is 0.293 e. The van der Waals surface area contributed by atoms with E-state index in [2.05, 4.69) is 5.32 Å². The van der Waals surface area contributed by atoms with Gasteiger partial charge in [-0.1, -0.05) is 12.2 Å². The van der Waals surface area contributed by atoms with E-state index in [1.54, 1.807) is 13.1 Å². The molecule has 2 N–H and O–H groups in total. The van der Waals surface area contributed by atoms with Crippen molar-refractivity contribution in [1.29, 1.82) is 0 Å². The Bertz CT molecular complexity index is 130. The summed E-state index contributed by atoms with van der Waals surface area (Å²) in [5.74, 6) is -0.0967. The van der Waals surface area contributed by atoms with Crippen molar-refractivity contribution >= 4 is 0 Å². The number of hydrogen-bond donors (Lipinski definition) is 2. The van der Waals surface area contributed by atoms with E-state index in [-0.39, 0.29) is 5.95 Å². The molecule has 0 spiro atoms. The maximum absolute atomic E-state index is 8.82. The molecule has 58 valence electrons. The van der Waals surface area contributed by atoms with Gasteiger partial charge in [0, 0.05) is 7.05 Å². The number of aliphatic hydroxyl groups is 1. The lowest BCUT2D eigenvalue weighted by molar-refractivity contribution is 0.110. The van der Waals surface area contributed by atoms with E-state index >= 15 is 0 Å². The Morgan fingerprint density at radius 2 is 2.40 bits per heavy atom. The van der Waals surface area contributed by atoms with Gasteiger partial charge in [0.05, 0.1) is 6.20 Å². The number of ether oxygens (including phenoxy) is 1. The zero-order valence-electron chi connectivity index (χ0n) is 6.29. The van der Waals surface area contributed by atoms with Crippen LogP contribution in [0.4, 0.5) is 0 Å². The minimum absolute atomic E-state index is 0.0967. The first-order valence-corrected chi connectivity index (χ1v) is 3.11. The quantitative estimate of drug-likeness (QED) is 0.458. The second kappa shape index (κ2) is 6.01. The highest BCUT2D eigenvalue weighted by molar-refractivity contribution is 4.82. The van der Waals surface area contributed by atoms with Crippen molar-refractivity contribution in [2.45, 2.75) is 6.92 Å². The van der Waals surface area contributed by atoms with Gasteiger partial charge in [-0.3, -0.25) is 0 Å². The van der Waals surface area contributed by atoms with Crippen LogP contribution < -0.4 is 5.32 Å². The van der Waals surface area contributed by atoms with Crippen LogP contribution in [0.15, 0.2) is 24.3 Å². The van der Waals surface area contributed by atoms with E-state index in [0.29, 0.717) is 6.61 Å². The summed E-state index contributed by atoms with van der Waals surface area (Å²) in [5.41, 5.74) is 0. The first-order valence-electron chi connectivity index (χ1n) is 3.11. The highest BCUT2D eigenvalue weighted by Gasteiger charge is 1.86. The van der Waals surface area contributed by atoms with Gasteiger partial charge < -0.3 is 15.2 Å². The Hall–Kier alpha value is -1.12. The summed E-state index contributed by atoms with van der Waals surface area (Å²) in [5, 5.41) is 11.5. The highest BCUT2D eigenvalue weighted by Crippen LogP contribution is 1.88. The predicted octanol–water partition coefficient (Wildman–Crippen LogP) is 1.16. The molecule has 0 aliphatic carbocycles. The van der Waals surface area contributed by atoms with E-state index in [1.807, 2.05) is 13.0 Å². The predicted molar refractivity (Wildman–Crippen MR) is 40.5 cm³/mol. The first-order chi connectivity index (χ1) is 4.81. The zero-order valence-corrected chi connectivity index (χ0v) is 6.29. The van der Waals surface area contributed by atoms with Crippen molar-refractivity contribution in [2.24, 2.45) is 0 Å². The van der Waals surface area contributed by atoms with Crippen LogP contribution in [0.5, 0.6) is 0 Å². The summed E-state index contributed by atoms with van der Waals surface area (Å²) in [7, 11) is 1.69. The minimum atomic E-state index is -0.0967. The van der Waals surface area contributed by atoms with Crippen molar-refractivity contribution in [3.63, 3.8) is 0 Å². The molecule has 0 bridgehead atoms. The minimum Gasteiger partial charge on any atom is -0.480 e. The van der Waals surface area contributed by atoms with Crippen molar-refractivity contribution in [3.05, 3.63) is 24.3 Å². The Morgan fingerprint density at radius 1 is 1.70 bits per heavy atom. The third kappa shape index (κ3) is 5.03. The lowest BCUT2D eigenvalue weighted by Crippen LogP contribution is -1.99. The third-order valence-electron chi connectivity index (χ3n) is 0.831. The number of rotatable bonds is 4. The van der Waals surface area contributed by atoms with Gasteiger partial charge in [-0.25, -0.2) is 0 Å². The zero-order chi connectivity index (χ0) is 7.82. The molecule has 3 nitrogen and oxygen atoms in total. The second-order valence-corrected chi connectivity index (χ2v) is 1.65. The largest absolute Gasteiger partial charge is 0.480 e. The molecule has 0 aromatic heterocycles. The molecule has 0 saturated carbocycles. The fourth-order valence-corrected chi connectivity index (χ4v) is 0.395.